The van der Waals surface area contributed by atoms with Crippen LogP contribution in [0.3, 0.4) is 0 Å². The van der Waals surface area contributed by atoms with Crippen molar-refractivity contribution in [3.05, 3.63) is 47.0 Å². The normalized spacial score (nSPS) is 15.0. The lowest BCUT2D eigenvalue weighted by atomic mass is 10.2. The molecule has 1 aromatic heterocycles. The summed E-state index contributed by atoms with van der Waals surface area (Å²) in [5.74, 6) is 0.182. The van der Waals surface area contributed by atoms with Crippen LogP contribution in [0.5, 0.6) is 5.75 Å². The van der Waals surface area contributed by atoms with E-state index in [1.807, 2.05) is 6.07 Å². The molecule has 2 aromatic carbocycles. The summed E-state index contributed by atoms with van der Waals surface area (Å²) >= 11 is 7.48. The van der Waals surface area contributed by atoms with Gasteiger partial charge in [0.05, 0.1) is 32.8 Å². The lowest BCUT2D eigenvalue weighted by Crippen LogP contribution is -2.28. The number of rotatable bonds is 5. The summed E-state index contributed by atoms with van der Waals surface area (Å²) in [5, 5.41) is 3.27. The van der Waals surface area contributed by atoms with Crippen molar-refractivity contribution >= 4 is 54.2 Å². The summed E-state index contributed by atoms with van der Waals surface area (Å²) in [5.41, 5.74) is 0.811. The van der Waals surface area contributed by atoms with E-state index in [9.17, 15) is 13.2 Å². The Balaban J connectivity index is 1.61. The van der Waals surface area contributed by atoms with Crippen molar-refractivity contribution in [3.63, 3.8) is 0 Å². The molecule has 1 saturated heterocycles. The van der Waals surface area contributed by atoms with E-state index < -0.39 is 15.9 Å². The average Bonchev–Trinajstić information content (AvgIpc) is 3.37. The number of hydrogen-bond acceptors (Lipinski definition) is 6. The Morgan fingerprint density at radius 1 is 1.21 bits per heavy atom. The Morgan fingerprint density at radius 2 is 1.97 bits per heavy atom. The smallest absolute Gasteiger partial charge is 0.259 e. The highest BCUT2D eigenvalue weighted by molar-refractivity contribution is 7.89. The fraction of sp³-hybridized carbons (Fsp3) is 0.263. The molecule has 1 amide bonds. The molecule has 0 aliphatic carbocycles. The molecule has 152 valence electrons. The fourth-order valence-electron chi connectivity index (χ4n) is 3.17. The quantitative estimate of drug-likeness (QED) is 0.633. The summed E-state index contributed by atoms with van der Waals surface area (Å²) in [6.45, 7) is 0.976. The monoisotopic (exact) mass is 451 g/mol. The van der Waals surface area contributed by atoms with Crippen LogP contribution in [-0.4, -0.2) is 43.8 Å². The number of thiazole rings is 1. The minimum absolute atomic E-state index is 0.0583. The number of carbonyl (C=O) groups excluding carboxylic acids is 1. The number of ether oxygens (including phenoxy) is 1. The lowest BCUT2D eigenvalue weighted by molar-refractivity contribution is 0.102. The first kappa shape index (κ1) is 20.1. The first-order valence-electron chi connectivity index (χ1n) is 8.94. The number of aromatic nitrogens is 1. The standard InChI is InChI=1S/C19H18ClN3O4S2/c1-27-12-4-7-16-17(10-12)28-19(21-16)22-18(24)14-11-13(5-6-15(14)20)29(25,26)23-8-2-3-9-23/h4-7,10-11H,2-3,8-9H2,1H3,(H,21,22,24). The van der Waals surface area contributed by atoms with Gasteiger partial charge in [-0.2, -0.15) is 4.31 Å². The van der Waals surface area contributed by atoms with Gasteiger partial charge in [0, 0.05) is 13.1 Å². The van der Waals surface area contributed by atoms with Crippen LogP contribution in [0.4, 0.5) is 5.13 Å². The molecule has 0 saturated carbocycles. The molecule has 1 fully saturated rings. The third kappa shape index (κ3) is 3.95. The predicted octanol–water partition coefficient (Wildman–Crippen LogP) is 4.00. The van der Waals surface area contributed by atoms with Crippen molar-refractivity contribution in [2.45, 2.75) is 17.7 Å². The minimum atomic E-state index is -3.64. The average molecular weight is 452 g/mol. The van der Waals surface area contributed by atoms with Crippen LogP contribution in [-0.2, 0) is 10.0 Å². The van der Waals surface area contributed by atoms with Gasteiger partial charge in [-0.3, -0.25) is 10.1 Å². The molecule has 0 unspecified atom stereocenters. The van der Waals surface area contributed by atoms with Gasteiger partial charge < -0.3 is 4.74 Å². The van der Waals surface area contributed by atoms with E-state index in [1.165, 1.54) is 33.8 Å². The van der Waals surface area contributed by atoms with E-state index in [0.29, 0.717) is 24.0 Å². The number of carbonyl (C=O) groups is 1. The molecular weight excluding hydrogens is 434 g/mol. The molecule has 7 nitrogen and oxygen atoms in total. The number of methoxy groups -OCH3 is 1. The Kier molecular flexibility index (Phi) is 5.48. The second-order valence-corrected chi connectivity index (χ2v) is 9.94. The van der Waals surface area contributed by atoms with Crippen LogP contribution in [0, 0.1) is 0 Å². The zero-order valence-corrected chi connectivity index (χ0v) is 17.9. The summed E-state index contributed by atoms with van der Waals surface area (Å²) in [6, 6.07) is 9.60. The molecule has 1 N–H and O–H groups in total. The highest BCUT2D eigenvalue weighted by Gasteiger charge is 2.28. The number of halogens is 1. The van der Waals surface area contributed by atoms with Crippen molar-refractivity contribution in [3.8, 4) is 5.75 Å². The number of sulfonamides is 1. The zero-order valence-electron chi connectivity index (χ0n) is 15.5. The summed E-state index contributed by atoms with van der Waals surface area (Å²) in [6.07, 6.45) is 1.67. The van der Waals surface area contributed by atoms with Gasteiger partial charge in [0.15, 0.2) is 5.13 Å². The van der Waals surface area contributed by atoms with E-state index >= 15 is 0 Å². The third-order valence-electron chi connectivity index (χ3n) is 4.70. The lowest BCUT2D eigenvalue weighted by Gasteiger charge is -2.16. The molecular formula is C19H18ClN3O4S2. The van der Waals surface area contributed by atoms with Crippen LogP contribution in [0.15, 0.2) is 41.3 Å². The molecule has 0 spiro atoms. The van der Waals surface area contributed by atoms with Crippen molar-refractivity contribution in [1.82, 2.24) is 9.29 Å². The molecule has 1 aliphatic rings. The summed E-state index contributed by atoms with van der Waals surface area (Å²) in [4.78, 5) is 17.2. The SMILES string of the molecule is COc1ccc2nc(NC(=O)c3cc(S(=O)(=O)N4CCCC4)ccc3Cl)sc2c1. The molecule has 1 aliphatic heterocycles. The van der Waals surface area contributed by atoms with Crippen LogP contribution in [0.2, 0.25) is 5.02 Å². The van der Waals surface area contributed by atoms with Crippen molar-refractivity contribution in [2.75, 3.05) is 25.5 Å². The highest BCUT2D eigenvalue weighted by Crippen LogP contribution is 2.30. The van der Waals surface area contributed by atoms with Gasteiger partial charge in [-0.05, 0) is 49.2 Å². The number of nitrogens with one attached hydrogen (secondary N) is 1. The topological polar surface area (TPSA) is 88.6 Å². The van der Waals surface area contributed by atoms with Gasteiger partial charge in [0.2, 0.25) is 10.0 Å². The fourth-order valence-corrected chi connectivity index (χ4v) is 5.80. The van der Waals surface area contributed by atoms with Gasteiger partial charge in [-0.25, -0.2) is 13.4 Å². The van der Waals surface area contributed by atoms with Crippen LogP contribution < -0.4 is 10.1 Å². The first-order chi connectivity index (χ1) is 13.9. The summed E-state index contributed by atoms with van der Waals surface area (Å²) < 4.78 is 33.1. The molecule has 4 rings (SSSR count). The molecule has 0 radical (unpaired) electrons. The maximum Gasteiger partial charge on any atom is 0.259 e. The third-order valence-corrected chi connectivity index (χ3v) is 7.86. The second kappa shape index (κ2) is 7.91. The maximum atomic E-state index is 12.8. The van der Waals surface area contributed by atoms with Gasteiger partial charge in [0.1, 0.15) is 5.75 Å². The predicted molar refractivity (Wildman–Crippen MR) is 114 cm³/mol. The second-order valence-electron chi connectivity index (χ2n) is 6.56. The maximum absolute atomic E-state index is 12.8. The van der Waals surface area contributed by atoms with E-state index in [1.54, 1.807) is 19.2 Å². The molecule has 29 heavy (non-hydrogen) atoms. The Labute approximate surface area is 177 Å². The van der Waals surface area contributed by atoms with E-state index in [-0.39, 0.29) is 15.5 Å². The number of fused-ring (bicyclic) bond motifs is 1. The van der Waals surface area contributed by atoms with Gasteiger partial charge in [-0.15, -0.1) is 0 Å². The van der Waals surface area contributed by atoms with E-state index in [0.717, 1.165) is 23.1 Å². The number of benzene rings is 2. The highest BCUT2D eigenvalue weighted by atomic mass is 35.5. The molecule has 10 heteroatoms. The first-order valence-corrected chi connectivity index (χ1v) is 11.6. The zero-order chi connectivity index (χ0) is 20.6. The Hall–Kier alpha value is -2.20. The van der Waals surface area contributed by atoms with Gasteiger partial charge in [-0.1, -0.05) is 22.9 Å². The Morgan fingerprint density at radius 3 is 2.69 bits per heavy atom. The minimum Gasteiger partial charge on any atom is -0.497 e. The van der Waals surface area contributed by atoms with E-state index in [4.69, 9.17) is 16.3 Å². The number of amides is 1. The van der Waals surface area contributed by atoms with Crippen LogP contribution in [0.25, 0.3) is 10.2 Å². The number of nitrogens with zero attached hydrogens (tertiary/aromatic N) is 2. The molecule has 0 bridgehead atoms. The van der Waals surface area contributed by atoms with Crippen molar-refractivity contribution in [2.24, 2.45) is 0 Å². The number of anilines is 1. The molecule has 2 heterocycles. The van der Waals surface area contributed by atoms with Gasteiger partial charge in [0.25, 0.3) is 5.91 Å². The summed E-state index contributed by atoms with van der Waals surface area (Å²) in [7, 11) is -2.07. The molecule has 0 atom stereocenters. The van der Waals surface area contributed by atoms with Crippen LogP contribution in [0.1, 0.15) is 23.2 Å². The Bertz CT molecular complexity index is 1190. The van der Waals surface area contributed by atoms with Crippen LogP contribution >= 0.6 is 22.9 Å². The molecule has 3 aromatic rings. The van der Waals surface area contributed by atoms with Crippen molar-refractivity contribution < 1.29 is 17.9 Å². The van der Waals surface area contributed by atoms with Crippen molar-refractivity contribution in [1.29, 1.82) is 0 Å². The number of hydrogen-bond donors (Lipinski definition) is 1. The van der Waals surface area contributed by atoms with E-state index in [2.05, 4.69) is 10.3 Å². The van der Waals surface area contributed by atoms with Gasteiger partial charge >= 0.3 is 0 Å². The largest absolute Gasteiger partial charge is 0.497 e.